The highest BCUT2D eigenvalue weighted by atomic mass is 16.5. The molecule has 17 heavy (non-hydrogen) atoms. The standard InChI is InChI=1S/C15H22O2/c1-2-8-15(11-6-7-12-16)17-13-14-9-4-3-5-10-14/h2-5,9-10,15-16H,1,6-8,11-13H2. The van der Waals surface area contributed by atoms with Crippen LogP contribution in [-0.4, -0.2) is 17.8 Å². The van der Waals surface area contributed by atoms with Crippen LogP contribution in [0.1, 0.15) is 31.2 Å². The van der Waals surface area contributed by atoms with Crippen LogP contribution in [-0.2, 0) is 11.3 Å². The number of aliphatic hydroxyl groups excluding tert-OH is 1. The van der Waals surface area contributed by atoms with Gasteiger partial charge in [-0.25, -0.2) is 0 Å². The molecule has 0 spiro atoms. The summed E-state index contributed by atoms with van der Waals surface area (Å²) in [6.07, 6.45) is 5.83. The molecule has 1 N–H and O–H groups in total. The zero-order chi connectivity index (χ0) is 12.3. The zero-order valence-corrected chi connectivity index (χ0v) is 10.3. The van der Waals surface area contributed by atoms with Gasteiger partial charge >= 0.3 is 0 Å². The van der Waals surface area contributed by atoms with E-state index in [0.717, 1.165) is 25.7 Å². The maximum absolute atomic E-state index is 8.76. The van der Waals surface area contributed by atoms with Crippen LogP contribution in [0, 0.1) is 0 Å². The molecule has 0 heterocycles. The van der Waals surface area contributed by atoms with Crippen LogP contribution in [0.4, 0.5) is 0 Å². The van der Waals surface area contributed by atoms with E-state index in [-0.39, 0.29) is 12.7 Å². The smallest absolute Gasteiger partial charge is 0.0720 e. The average Bonchev–Trinajstić information content (AvgIpc) is 2.37. The molecule has 0 aliphatic rings. The molecule has 0 saturated carbocycles. The van der Waals surface area contributed by atoms with E-state index < -0.39 is 0 Å². The number of benzene rings is 1. The van der Waals surface area contributed by atoms with Gasteiger partial charge in [0, 0.05) is 6.61 Å². The Balaban J connectivity index is 2.30. The van der Waals surface area contributed by atoms with Crippen LogP contribution in [0.5, 0.6) is 0 Å². The van der Waals surface area contributed by atoms with Gasteiger partial charge in [-0.05, 0) is 31.2 Å². The van der Waals surface area contributed by atoms with Gasteiger partial charge in [0.15, 0.2) is 0 Å². The lowest BCUT2D eigenvalue weighted by atomic mass is 10.1. The summed E-state index contributed by atoms with van der Waals surface area (Å²) in [6.45, 7) is 4.67. The third-order valence-corrected chi connectivity index (χ3v) is 2.69. The van der Waals surface area contributed by atoms with Gasteiger partial charge in [-0.1, -0.05) is 36.4 Å². The lowest BCUT2D eigenvalue weighted by Gasteiger charge is -2.16. The molecule has 1 unspecified atom stereocenters. The van der Waals surface area contributed by atoms with Crippen molar-refractivity contribution in [3.05, 3.63) is 48.6 Å². The van der Waals surface area contributed by atoms with Crippen LogP contribution < -0.4 is 0 Å². The molecule has 1 aromatic rings. The van der Waals surface area contributed by atoms with E-state index in [1.54, 1.807) is 0 Å². The molecule has 0 amide bonds. The van der Waals surface area contributed by atoms with E-state index in [2.05, 4.69) is 18.7 Å². The monoisotopic (exact) mass is 234 g/mol. The molecule has 0 aromatic heterocycles. The van der Waals surface area contributed by atoms with Crippen LogP contribution in [0.2, 0.25) is 0 Å². The fourth-order valence-electron chi connectivity index (χ4n) is 1.73. The molecule has 0 bridgehead atoms. The summed E-state index contributed by atoms with van der Waals surface area (Å²) < 4.78 is 5.86. The lowest BCUT2D eigenvalue weighted by Crippen LogP contribution is -2.12. The predicted octanol–water partition coefficient (Wildman–Crippen LogP) is 3.31. The summed E-state index contributed by atoms with van der Waals surface area (Å²) in [5, 5.41) is 8.76. The fraction of sp³-hybridized carbons (Fsp3) is 0.467. The Bertz CT molecular complexity index is 295. The minimum atomic E-state index is 0.222. The van der Waals surface area contributed by atoms with Crippen molar-refractivity contribution < 1.29 is 9.84 Å². The Morgan fingerprint density at radius 2 is 2.00 bits per heavy atom. The maximum Gasteiger partial charge on any atom is 0.0720 e. The summed E-state index contributed by atoms with van der Waals surface area (Å²) >= 11 is 0. The SMILES string of the molecule is C=CCC(CCCCO)OCc1ccccc1. The average molecular weight is 234 g/mol. The van der Waals surface area contributed by atoms with Crippen LogP contribution >= 0.6 is 0 Å². The zero-order valence-electron chi connectivity index (χ0n) is 10.3. The van der Waals surface area contributed by atoms with E-state index in [1.165, 1.54) is 5.56 Å². The minimum Gasteiger partial charge on any atom is -0.396 e. The van der Waals surface area contributed by atoms with Crippen molar-refractivity contribution >= 4 is 0 Å². The summed E-state index contributed by atoms with van der Waals surface area (Å²) in [7, 11) is 0. The Hall–Kier alpha value is -1.12. The Labute approximate surface area is 104 Å². The summed E-state index contributed by atoms with van der Waals surface area (Å²) in [5.74, 6) is 0. The van der Waals surface area contributed by atoms with Gasteiger partial charge in [-0.2, -0.15) is 0 Å². The summed E-state index contributed by atoms with van der Waals surface area (Å²) in [5.41, 5.74) is 1.20. The van der Waals surface area contributed by atoms with E-state index in [9.17, 15) is 0 Å². The van der Waals surface area contributed by atoms with Crippen molar-refractivity contribution in [2.45, 2.75) is 38.4 Å². The first-order valence-electron chi connectivity index (χ1n) is 6.24. The topological polar surface area (TPSA) is 29.5 Å². The van der Waals surface area contributed by atoms with E-state index in [1.807, 2.05) is 24.3 Å². The van der Waals surface area contributed by atoms with Gasteiger partial charge in [-0.3, -0.25) is 0 Å². The van der Waals surface area contributed by atoms with Crippen molar-refractivity contribution in [1.82, 2.24) is 0 Å². The van der Waals surface area contributed by atoms with Crippen LogP contribution in [0.3, 0.4) is 0 Å². The Morgan fingerprint density at radius 3 is 2.65 bits per heavy atom. The third-order valence-electron chi connectivity index (χ3n) is 2.69. The van der Waals surface area contributed by atoms with Crippen molar-refractivity contribution in [3.8, 4) is 0 Å². The molecule has 0 aliphatic heterocycles. The van der Waals surface area contributed by atoms with Crippen LogP contribution in [0.15, 0.2) is 43.0 Å². The summed E-state index contributed by atoms with van der Waals surface area (Å²) in [6, 6.07) is 10.2. The quantitative estimate of drug-likeness (QED) is 0.524. The van der Waals surface area contributed by atoms with E-state index in [4.69, 9.17) is 9.84 Å². The summed E-state index contributed by atoms with van der Waals surface area (Å²) in [4.78, 5) is 0. The van der Waals surface area contributed by atoms with E-state index >= 15 is 0 Å². The minimum absolute atomic E-state index is 0.222. The van der Waals surface area contributed by atoms with Gasteiger partial charge in [0.25, 0.3) is 0 Å². The molecule has 94 valence electrons. The number of hydrogen-bond donors (Lipinski definition) is 1. The first kappa shape index (κ1) is 13.9. The number of ether oxygens (including phenoxy) is 1. The molecule has 0 fully saturated rings. The van der Waals surface area contributed by atoms with Gasteiger partial charge in [0.2, 0.25) is 0 Å². The molecule has 1 atom stereocenters. The highest BCUT2D eigenvalue weighted by Gasteiger charge is 2.07. The second-order valence-corrected chi connectivity index (χ2v) is 4.16. The molecular formula is C15H22O2. The Morgan fingerprint density at radius 1 is 1.24 bits per heavy atom. The molecule has 1 rings (SSSR count). The molecule has 1 aromatic carbocycles. The first-order chi connectivity index (χ1) is 8.36. The molecule has 2 nitrogen and oxygen atoms in total. The number of aliphatic hydroxyl groups is 1. The van der Waals surface area contributed by atoms with Crippen molar-refractivity contribution in [2.75, 3.05) is 6.61 Å². The highest BCUT2D eigenvalue weighted by molar-refractivity contribution is 5.13. The predicted molar refractivity (Wildman–Crippen MR) is 70.8 cm³/mol. The van der Waals surface area contributed by atoms with Crippen LogP contribution in [0.25, 0.3) is 0 Å². The fourth-order valence-corrected chi connectivity index (χ4v) is 1.73. The maximum atomic E-state index is 8.76. The van der Waals surface area contributed by atoms with Gasteiger partial charge in [-0.15, -0.1) is 6.58 Å². The largest absolute Gasteiger partial charge is 0.396 e. The number of rotatable bonds is 9. The lowest BCUT2D eigenvalue weighted by molar-refractivity contribution is 0.0347. The van der Waals surface area contributed by atoms with Gasteiger partial charge < -0.3 is 9.84 Å². The van der Waals surface area contributed by atoms with Gasteiger partial charge in [0.1, 0.15) is 0 Å². The molecule has 2 heteroatoms. The second-order valence-electron chi connectivity index (χ2n) is 4.16. The first-order valence-corrected chi connectivity index (χ1v) is 6.24. The highest BCUT2D eigenvalue weighted by Crippen LogP contribution is 2.12. The Kier molecular flexibility index (Phi) is 7.35. The van der Waals surface area contributed by atoms with Crippen molar-refractivity contribution in [3.63, 3.8) is 0 Å². The molecule has 0 radical (unpaired) electrons. The second kappa shape index (κ2) is 8.97. The number of unbranched alkanes of at least 4 members (excludes halogenated alkanes) is 1. The molecular weight excluding hydrogens is 212 g/mol. The van der Waals surface area contributed by atoms with Gasteiger partial charge in [0.05, 0.1) is 12.7 Å². The number of hydrogen-bond acceptors (Lipinski definition) is 2. The normalized spacial score (nSPS) is 12.3. The van der Waals surface area contributed by atoms with Crippen molar-refractivity contribution in [1.29, 1.82) is 0 Å². The van der Waals surface area contributed by atoms with Crippen molar-refractivity contribution in [2.24, 2.45) is 0 Å². The molecule has 0 saturated heterocycles. The third kappa shape index (κ3) is 6.25. The molecule has 0 aliphatic carbocycles. The van der Waals surface area contributed by atoms with E-state index in [0.29, 0.717) is 6.61 Å².